The van der Waals surface area contributed by atoms with Gasteiger partial charge in [-0.05, 0) is 30.0 Å². The molecule has 1 aliphatic carbocycles. The summed E-state index contributed by atoms with van der Waals surface area (Å²) >= 11 is 0. The number of nitrogens with one attached hydrogen (secondary N) is 1. The van der Waals surface area contributed by atoms with Crippen molar-refractivity contribution in [1.29, 1.82) is 0 Å². The zero-order chi connectivity index (χ0) is 11.9. The molecular weight excluding hydrogens is 222 g/mol. The van der Waals surface area contributed by atoms with Crippen LogP contribution < -0.4 is 0 Å². The van der Waals surface area contributed by atoms with Crippen LogP contribution in [-0.4, -0.2) is 15.0 Å². The molecule has 1 N–H and O–H groups in total. The van der Waals surface area contributed by atoms with E-state index in [2.05, 4.69) is 45.3 Å². The average Bonchev–Trinajstić information content (AvgIpc) is 3.12. The molecule has 1 aromatic carbocycles. The second kappa shape index (κ2) is 3.67. The Morgan fingerprint density at radius 2 is 1.89 bits per heavy atom. The number of fused-ring (bicyclic) bond motifs is 1. The molecule has 1 saturated carbocycles. The minimum atomic E-state index is 0.529. The van der Waals surface area contributed by atoms with Crippen LogP contribution in [0.2, 0.25) is 0 Å². The van der Waals surface area contributed by atoms with Crippen molar-refractivity contribution in [3.63, 3.8) is 0 Å². The van der Waals surface area contributed by atoms with Crippen LogP contribution >= 0.6 is 0 Å². The monoisotopic (exact) mass is 235 g/mol. The van der Waals surface area contributed by atoms with Gasteiger partial charge in [0.05, 0.1) is 5.52 Å². The molecule has 3 nitrogen and oxygen atoms in total. The average molecular weight is 235 g/mol. The Morgan fingerprint density at radius 1 is 1.00 bits per heavy atom. The summed E-state index contributed by atoms with van der Waals surface area (Å²) in [6, 6.07) is 14.6. The number of H-pyrrole nitrogens is 1. The summed E-state index contributed by atoms with van der Waals surface area (Å²) in [7, 11) is 0. The zero-order valence-corrected chi connectivity index (χ0v) is 9.88. The molecule has 0 aliphatic heterocycles. The number of aromatic amines is 1. The van der Waals surface area contributed by atoms with Crippen LogP contribution in [0.3, 0.4) is 0 Å². The first-order chi connectivity index (χ1) is 8.92. The van der Waals surface area contributed by atoms with Crippen molar-refractivity contribution in [2.24, 2.45) is 0 Å². The summed E-state index contributed by atoms with van der Waals surface area (Å²) < 4.78 is 0. The second-order valence-corrected chi connectivity index (χ2v) is 4.86. The molecule has 2 aromatic heterocycles. The van der Waals surface area contributed by atoms with Gasteiger partial charge in [0.25, 0.3) is 0 Å². The fraction of sp³-hybridized carbons (Fsp3) is 0.200. The van der Waals surface area contributed by atoms with Gasteiger partial charge in [0.2, 0.25) is 0 Å². The van der Waals surface area contributed by atoms with Crippen molar-refractivity contribution in [2.75, 3.05) is 0 Å². The van der Waals surface area contributed by atoms with E-state index in [9.17, 15) is 0 Å². The maximum atomic E-state index is 4.58. The summed E-state index contributed by atoms with van der Waals surface area (Å²) in [5.74, 6) is 2.23. The van der Waals surface area contributed by atoms with Crippen LogP contribution in [0.1, 0.15) is 29.6 Å². The first kappa shape index (κ1) is 9.83. The second-order valence-electron chi connectivity index (χ2n) is 4.86. The summed E-state index contributed by atoms with van der Waals surface area (Å²) in [6.07, 6.45) is 2.97. The molecule has 18 heavy (non-hydrogen) atoms. The van der Waals surface area contributed by atoms with E-state index < -0.39 is 0 Å². The quantitative estimate of drug-likeness (QED) is 0.741. The lowest BCUT2D eigenvalue weighted by molar-refractivity contribution is 0.936. The van der Waals surface area contributed by atoms with Crippen molar-refractivity contribution in [1.82, 2.24) is 15.0 Å². The van der Waals surface area contributed by atoms with Gasteiger partial charge in [0.1, 0.15) is 5.82 Å². The number of pyridine rings is 1. The first-order valence-corrected chi connectivity index (χ1v) is 6.27. The number of benzene rings is 1. The molecule has 0 bridgehead atoms. The van der Waals surface area contributed by atoms with Crippen molar-refractivity contribution in [3.8, 4) is 0 Å². The van der Waals surface area contributed by atoms with Crippen LogP contribution in [0.4, 0.5) is 0 Å². The molecule has 3 heteroatoms. The van der Waals surface area contributed by atoms with Crippen molar-refractivity contribution >= 4 is 11.2 Å². The summed E-state index contributed by atoms with van der Waals surface area (Å²) in [5.41, 5.74) is 3.27. The van der Waals surface area contributed by atoms with E-state index in [1.54, 1.807) is 6.20 Å². The smallest absolute Gasteiger partial charge is 0.177 e. The van der Waals surface area contributed by atoms with Crippen LogP contribution in [-0.2, 0) is 0 Å². The molecule has 0 radical (unpaired) electrons. The van der Waals surface area contributed by atoms with E-state index >= 15 is 0 Å². The van der Waals surface area contributed by atoms with Crippen molar-refractivity contribution in [2.45, 2.75) is 18.3 Å². The highest BCUT2D eigenvalue weighted by atomic mass is 15.0. The topological polar surface area (TPSA) is 41.6 Å². The molecule has 88 valence electrons. The highest BCUT2D eigenvalue weighted by molar-refractivity contribution is 5.70. The lowest BCUT2D eigenvalue weighted by Crippen LogP contribution is -1.86. The predicted molar refractivity (Wildman–Crippen MR) is 70.4 cm³/mol. The number of rotatable bonds is 2. The molecule has 3 aromatic rings. The van der Waals surface area contributed by atoms with Gasteiger partial charge in [-0.15, -0.1) is 0 Å². The predicted octanol–water partition coefficient (Wildman–Crippen LogP) is 3.23. The summed E-state index contributed by atoms with van der Waals surface area (Å²) in [6.45, 7) is 0. The molecule has 2 heterocycles. The molecule has 0 saturated heterocycles. The van der Waals surface area contributed by atoms with Gasteiger partial charge < -0.3 is 4.98 Å². The van der Waals surface area contributed by atoms with Crippen LogP contribution in [0.5, 0.6) is 0 Å². The molecule has 2 unspecified atom stereocenters. The lowest BCUT2D eigenvalue weighted by Gasteiger charge is -1.97. The summed E-state index contributed by atoms with van der Waals surface area (Å²) in [5, 5.41) is 0. The normalized spacial score (nSPS) is 22.2. The third-order valence-corrected chi connectivity index (χ3v) is 3.65. The Kier molecular flexibility index (Phi) is 2.00. The van der Waals surface area contributed by atoms with E-state index in [0.717, 1.165) is 17.0 Å². The van der Waals surface area contributed by atoms with Crippen molar-refractivity contribution in [3.05, 3.63) is 60.0 Å². The maximum Gasteiger partial charge on any atom is 0.177 e. The third-order valence-electron chi connectivity index (χ3n) is 3.65. The number of imidazole rings is 1. The number of nitrogens with zero attached hydrogens (tertiary/aromatic N) is 2. The molecule has 1 fully saturated rings. The molecule has 0 amide bonds. The minimum absolute atomic E-state index is 0.529. The zero-order valence-electron chi connectivity index (χ0n) is 9.88. The standard InChI is InChI=1S/C15H13N3/c1-2-5-10(6-3-1)11-9-12(11)14-17-13-7-4-8-16-15(13)18-14/h1-8,11-12H,9H2,(H,16,17,18). The fourth-order valence-corrected chi connectivity index (χ4v) is 2.61. The van der Waals surface area contributed by atoms with E-state index in [0.29, 0.717) is 11.8 Å². The van der Waals surface area contributed by atoms with Gasteiger partial charge >= 0.3 is 0 Å². The molecule has 4 rings (SSSR count). The Balaban J connectivity index is 1.66. The molecule has 0 spiro atoms. The fourth-order valence-electron chi connectivity index (χ4n) is 2.61. The van der Waals surface area contributed by atoms with Gasteiger partial charge in [-0.25, -0.2) is 9.97 Å². The minimum Gasteiger partial charge on any atom is -0.340 e. The van der Waals surface area contributed by atoms with E-state index in [-0.39, 0.29) is 0 Å². The SMILES string of the molecule is c1ccc(C2CC2c2nc3ncccc3[nH]2)cc1. The molecular formula is C15H13N3. The van der Waals surface area contributed by atoms with Gasteiger partial charge in [-0.2, -0.15) is 0 Å². The first-order valence-electron chi connectivity index (χ1n) is 6.27. The number of hydrogen-bond donors (Lipinski definition) is 1. The van der Waals surface area contributed by atoms with E-state index in [1.807, 2.05) is 12.1 Å². The van der Waals surface area contributed by atoms with Gasteiger partial charge in [0, 0.05) is 12.1 Å². The van der Waals surface area contributed by atoms with Crippen molar-refractivity contribution < 1.29 is 0 Å². The molecule has 1 aliphatic rings. The Hall–Kier alpha value is -2.16. The Bertz CT molecular complexity index is 654. The van der Waals surface area contributed by atoms with E-state index in [4.69, 9.17) is 0 Å². The van der Waals surface area contributed by atoms with Crippen LogP contribution in [0, 0.1) is 0 Å². The Morgan fingerprint density at radius 3 is 2.72 bits per heavy atom. The van der Waals surface area contributed by atoms with Gasteiger partial charge in [-0.3, -0.25) is 0 Å². The van der Waals surface area contributed by atoms with Gasteiger partial charge in [0.15, 0.2) is 5.65 Å². The maximum absolute atomic E-state index is 4.58. The number of aromatic nitrogens is 3. The third kappa shape index (κ3) is 1.51. The van der Waals surface area contributed by atoms with Gasteiger partial charge in [-0.1, -0.05) is 30.3 Å². The Labute approximate surface area is 105 Å². The summed E-state index contributed by atoms with van der Waals surface area (Å²) in [4.78, 5) is 12.2. The van der Waals surface area contributed by atoms with Crippen LogP contribution in [0.25, 0.3) is 11.2 Å². The van der Waals surface area contributed by atoms with Crippen LogP contribution in [0.15, 0.2) is 48.7 Å². The number of hydrogen-bond acceptors (Lipinski definition) is 2. The van der Waals surface area contributed by atoms with E-state index in [1.165, 1.54) is 12.0 Å². The largest absolute Gasteiger partial charge is 0.340 e. The molecule has 2 atom stereocenters. The lowest BCUT2D eigenvalue weighted by atomic mass is 10.1. The highest BCUT2D eigenvalue weighted by Crippen LogP contribution is 2.53. The highest BCUT2D eigenvalue weighted by Gasteiger charge is 2.41.